The Balaban J connectivity index is 1.66. The average Bonchev–Trinajstić information content (AvgIpc) is 2.48. The van der Waals surface area contributed by atoms with Crippen molar-refractivity contribution in [3.05, 3.63) is 65.7 Å². The summed E-state index contributed by atoms with van der Waals surface area (Å²) in [5.41, 5.74) is 3.91. The highest BCUT2D eigenvalue weighted by Crippen LogP contribution is 2.09. The van der Waals surface area contributed by atoms with E-state index in [4.69, 9.17) is 0 Å². The van der Waals surface area contributed by atoms with E-state index in [1.807, 2.05) is 7.05 Å². The third-order valence-corrected chi connectivity index (χ3v) is 3.21. The minimum absolute atomic E-state index is 0.935. The number of nitrogens with one attached hydrogen (secondary N) is 2. The lowest BCUT2D eigenvalue weighted by Crippen LogP contribution is -2.15. The third kappa shape index (κ3) is 4.76. The maximum absolute atomic E-state index is 3.50. The summed E-state index contributed by atoms with van der Waals surface area (Å²) in [6.45, 7) is 1.99. The molecule has 0 aromatic heterocycles. The predicted molar refractivity (Wildman–Crippen MR) is 82.5 cm³/mol. The van der Waals surface area contributed by atoms with E-state index in [9.17, 15) is 0 Å². The zero-order valence-corrected chi connectivity index (χ0v) is 11.5. The topological polar surface area (TPSA) is 24.1 Å². The van der Waals surface area contributed by atoms with Gasteiger partial charge in [-0.1, -0.05) is 42.5 Å². The van der Waals surface area contributed by atoms with Crippen LogP contribution in [0.2, 0.25) is 0 Å². The molecule has 0 aliphatic carbocycles. The van der Waals surface area contributed by atoms with Gasteiger partial charge in [0, 0.05) is 19.3 Å². The first-order valence-electron chi connectivity index (χ1n) is 6.90. The van der Waals surface area contributed by atoms with Gasteiger partial charge >= 0.3 is 0 Å². The first kappa shape index (κ1) is 13.6. The molecule has 0 fully saturated rings. The first-order valence-corrected chi connectivity index (χ1v) is 6.90. The number of aryl methyl sites for hydroxylation is 1. The zero-order chi connectivity index (χ0) is 13.3. The normalized spacial score (nSPS) is 10.4. The first-order chi connectivity index (χ1) is 9.38. The molecule has 2 heteroatoms. The van der Waals surface area contributed by atoms with Gasteiger partial charge in [-0.05, 0) is 42.6 Å². The summed E-state index contributed by atoms with van der Waals surface area (Å²) in [5.74, 6) is 0. The quantitative estimate of drug-likeness (QED) is 0.739. The molecule has 0 bridgehead atoms. The van der Waals surface area contributed by atoms with Gasteiger partial charge in [0.05, 0.1) is 0 Å². The molecule has 2 aromatic carbocycles. The van der Waals surface area contributed by atoms with Gasteiger partial charge in [-0.25, -0.2) is 0 Å². The van der Waals surface area contributed by atoms with E-state index in [1.54, 1.807) is 0 Å². The Bertz CT molecular complexity index is 480. The van der Waals surface area contributed by atoms with Gasteiger partial charge in [-0.3, -0.25) is 0 Å². The second kappa shape index (κ2) is 7.59. The number of rotatable bonds is 7. The Labute approximate surface area is 115 Å². The Kier molecular flexibility index (Phi) is 5.45. The van der Waals surface area contributed by atoms with Crippen LogP contribution in [0.4, 0.5) is 5.69 Å². The standard InChI is InChI=1S/C17H22N2/c1-18-17-11-5-9-16(13-17)14-19-12-6-10-15-7-3-2-4-8-15/h2-5,7-9,11,13,18-19H,6,10,12,14H2,1H3. The van der Waals surface area contributed by atoms with Crippen LogP contribution in [0.15, 0.2) is 54.6 Å². The van der Waals surface area contributed by atoms with Gasteiger partial charge in [0.25, 0.3) is 0 Å². The highest BCUT2D eigenvalue weighted by atomic mass is 14.8. The molecule has 0 heterocycles. The van der Waals surface area contributed by atoms with Crippen molar-refractivity contribution in [1.29, 1.82) is 0 Å². The maximum Gasteiger partial charge on any atom is 0.0340 e. The molecule has 0 amide bonds. The van der Waals surface area contributed by atoms with E-state index in [0.29, 0.717) is 0 Å². The Morgan fingerprint density at radius 1 is 0.895 bits per heavy atom. The highest BCUT2D eigenvalue weighted by Gasteiger charge is 1.95. The third-order valence-electron chi connectivity index (χ3n) is 3.21. The summed E-state index contributed by atoms with van der Waals surface area (Å²) in [5, 5.41) is 6.66. The number of hydrogen-bond acceptors (Lipinski definition) is 2. The van der Waals surface area contributed by atoms with Crippen molar-refractivity contribution >= 4 is 5.69 Å². The van der Waals surface area contributed by atoms with Gasteiger partial charge in [0.15, 0.2) is 0 Å². The summed E-state index contributed by atoms with van der Waals surface area (Å²) in [6, 6.07) is 19.2. The van der Waals surface area contributed by atoms with Crippen LogP contribution in [-0.4, -0.2) is 13.6 Å². The molecule has 2 nitrogen and oxygen atoms in total. The number of anilines is 1. The van der Waals surface area contributed by atoms with Crippen LogP contribution in [0.25, 0.3) is 0 Å². The van der Waals surface area contributed by atoms with Crippen molar-refractivity contribution in [1.82, 2.24) is 5.32 Å². The van der Waals surface area contributed by atoms with Crippen LogP contribution in [0.3, 0.4) is 0 Å². The van der Waals surface area contributed by atoms with Crippen LogP contribution in [-0.2, 0) is 13.0 Å². The lowest BCUT2D eigenvalue weighted by Gasteiger charge is -2.07. The van der Waals surface area contributed by atoms with E-state index < -0.39 is 0 Å². The Hall–Kier alpha value is -1.80. The Morgan fingerprint density at radius 3 is 2.47 bits per heavy atom. The fourth-order valence-corrected chi connectivity index (χ4v) is 2.13. The molecule has 0 aliphatic heterocycles. The van der Waals surface area contributed by atoms with Crippen molar-refractivity contribution in [2.45, 2.75) is 19.4 Å². The van der Waals surface area contributed by atoms with Crippen molar-refractivity contribution in [3.8, 4) is 0 Å². The van der Waals surface area contributed by atoms with E-state index in [2.05, 4.69) is 65.2 Å². The fraction of sp³-hybridized carbons (Fsp3) is 0.294. The summed E-state index contributed by atoms with van der Waals surface area (Å²) in [4.78, 5) is 0. The van der Waals surface area contributed by atoms with Gasteiger partial charge in [-0.15, -0.1) is 0 Å². The number of hydrogen-bond donors (Lipinski definition) is 2. The van der Waals surface area contributed by atoms with Crippen molar-refractivity contribution in [2.75, 3.05) is 18.9 Å². The molecule has 0 saturated heterocycles. The molecule has 0 aliphatic rings. The predicted octanol–water partition coefficient (Wildman–Crippen LogP) is 3.45. The van der Waals surface area contributed by atoms with E-state index >= 15 is 0 Å². The van der Waals surface area contributed by atoms with E-state index in [-0.39, 0.29) is 0 Å². The summed E-state index contributed by atoms with van der Waals surface area (Å²) in [6.07, 6.45) is 2.32. The molecule has 0 radical (unpaired) electrons. The largest absolute Gasteiger partial charge is 0.388 e. The summed E-state index contributed by atoms with van der Waals surface area (Å²) >= 11 is 0. The van der Waals surface area contributed by atoms with Crippen molar-refractivity contribution in [2.24, 2.45) is 0 Å². The molecule has 19 heavy (non-hydrogen) atoms. The Morgan fingerprint density at radius 2 is 1.68 bits per heavy atom. The zero-order valence-electron chi connectivity index (χ0n) is 11.5. The molecule has 0 saturated carbocycles. The van der Waals surface area contributed by atoms with Gasteiger partial charge in [0.2, 0.25) is 0 Å². The average molecular weight is 254 g/mol. The SMILES string of the molecule is CNc1cccc(CNCCCc2ccccc2)c1. The number of benzene rings is 2. The summed E-state index contributed by atoms with van der Waals surface area (Å²) < 4.78 is 0. The van der Waals surface area contributed by atoms with Crippen LogP contribution in [0, 0.1) is 0 Å². The highest BCUT2D eigenvalue weighted by molar-refractivity contribution is 5.44. The summed E-state index contributed by atoms with van der Waals surface area (Å²) in [7, 11) is 1.95. The smallest absolute Gasteiger partial charge is 0.0340 e. The second-order valence-corrected chi connectivity index (χ2v) is 4.72. The molecule has 100 valence electrons. The van der Waals surface area contributed by atoms with Crippen molar-refractivity contribution < 1.29 is 0 Å². The maximum atomic E-state index is 3.50. The van der Waals surface area contributed by atoms with Gasteiger partial charge in [-0.2, -0.15) is 0 Å². The monoisotopic (exact) mass is 254 g/mol. The lowest BCUT2D eigenvalue weighted by atomic mass is 10.1. The lowest BCUT2D eigenvalue weighted by molar-refractivity contribution is 0.649. The van der Waals surface area contributed by atoms with E-state index in [1.165, 1.54) is 23.2 Å². The molecule has 2 aromatic rings. The van der Waals surface area contributed by atoms with Gasteiger partial charge in [0.1, 0.15) is 0 Å². The van der Waals surface area contributed by atoms with E-state index in [0.717, 1.165) is 19.5 Å². The molecule has 2 N–H and O–H groups in total. The molecular weight excluding hydrogens is 232 g/mol. The fourth-order valence-electron chi connectivity index (χ4n) is 2.13. The molecule has 0 unspecified atom stereocenters. The molecule has 2 rings (SSSR count). The molecular formula is C17H22N2. The molecule has 0 spiro atoms. The van der Waals surface area contributed by atoms with Crippen LogP contribution < -0.4 is 10.6 Å². The van der Waals surface area contributed by atoms with Crippen LogP contribution >= 0.6 is 0 Å². The molecule has 0 atom stereocenters. The second-order valence-electron chi connectivity index (χ2n) is 4.72. The minimum Gasteiger partial charge on any atom is -0.388 e. The van der Waals surface area contributed by atoms with Crippen molar-refractivity contribution in [3.63, 3.8) is 0 Å². The van der Waals surface area contributed by atoms with Crippen LogP contribution in [0.1, 0.15) is 17.5 Å². The van der Waals surface area contributed by atoms with Gasteiger partial charge < -0.3 is 10.6 Å². The van der Waals surface area contributed by atoms with Crippen LogP contribution in [0.5, 0.6) is 0 Å². The minimum atomic E-state index is 0.935.